The van der Waals surface area contributed by atoms with Crippen LogP contribution in [0.4, 0.5) is 0 Å². The molecule has 0 amide bonds. The largest absolute Gasteiger partial charge is 0.461 e. The second-order valence-corrected chi connectivity index (χ2v) is 7.72. The average Bonchev–Trinajstić information content (AvgIpc) is 3.31. The minimum Gasteiger partial charge on any atom is -0.461 e. The summed E-state index contributed by atoms with van der Waals surface area (Å²) in [5, 5.41) is 10.8. The third kappa shape index (κ3) is 3.76. The zero-order valence-electron chi connectivity index (χ0n) is 14.4. The normalized spacial score (nSPS) is 11.1. The van der Waals surface area contributed by atoms with Gasteiger partial charge >= 0.3 is 0 Å². The van der Waals surface area contributed by atoms with E-state index in [1.54, 1.807) is 24.1 Å². The quantitative estimate of drug-likeness (QED) is 0.352. The Morgan fingerprint density at radius 2 is 1.89 bits per heavy atom. The van der Waals surface area contributed by atoms with Gasteiger partial charge in [0.25, 0.3) is 0 Å². The minimum absolute atomic E-state index is 0.622. The van der Waals surface area contributed by atoms with E-state index >= 15 is 0 Å². The van der Waals surface area contributed by atoms with Crippen molar-refractivity contribution in [3.8, 4) is 17.3 Å². The Labute approximate surface area is 171 Å². The first-order valence-corrected chi connectivity index (χ1v) is 9.99. The van der Waals surface area contributed by atoms with Crippen molar-refractivity contribution < 1.29 is 4.42 Å². The molecule has 0 spiro atoms. The fraction of sp³-hybridized carbons (Fsp3) is 0.100. The number of furan rings is 1. The van der Waals surface area contributed by atoms with Gasteiger partial charge in [-0.25, -0.2) is 0 Å². The highest BCUT2D eigenvalue weighted by molar-refractivity contribution is 7.98. The van der Waals surface area contributed by atoms with Gasteiger partial charge in [0.1, 0.15) is 0 Å². The van der Waals surface area contributed by atoms with Crippen molar-refractivity contribution in [1.29, 1.82) is 0 Å². The summed E-state index contributed by atoms with van der Waals surface area (Å²) in [6.45, 7) is 2.06. The SMILES string of the molecule is Cc1ccccc1-n1c(SCc2ccc(Cl)cc2Cl)nnc1-c1ccco1. The van der Waals surface area contributed by atoms with Crippen molar-refractivity contribution in [2.45, 2.75) is 17.8 Å². The molecule has 0 radical (unpaired) electrons. The van der Waals surface area contributed by atoms with Crippen molar-refractivity contribution in [3.05, 3.63) is 82.0 Å². The Kier molecular flexibility index (Phi) is 5.25. The zero-order valence-corrected chi connectivity index (χ0v) is 16.7. The third-order valence-corrected chi connectivity index (χ3v) is 5.67. The standard InChI is InChI=1S/C20H15Cl2N3OS/c1-13-5-2-3-6-17(13)25-19(18-7-4-10-26-18)23-24-20(25)27-12-14-8-9-15(21)11-16(14)22/h2-11H,12H2,1H3. The monoisotopic (exact) mass is 415 g/mol. The maximum absolute atomic E-state index is 6.31. The van der Waals surface area contributed by atoms with Gasteiger partial charge in [-0.1, -0.05) is 59.2 Å². The molecule has 0 N–H and O–H groups in total. The number of hydrogen-bond donors (Lipinski definition) is 0. The molecule has 0 aliphatic rings. The molecule has 0 aliphatic carbocycles. The maximum atomic E-state index is 6.31. The van der Waals surface area contributed by atoms with Crippen LogP contribution < -0.4 is 0 Å². The van der Waals surface area contributed by atoms with Gasteiger partial charge in [-0.2, -0.15) is 0 Å². The van der Waals surface area contributed by atoms with Gasteiger partial charge in [-0.3, -0.25) is 4.57 Å². The molecule has 4 rings (SSSR count). The van der Waals surface area contributed by atoms with Gasteiger partial charge in [0.05, 0.1) is 12.0 Å². The average molecular weight is 416 g/mol. The number of thioether (sulfide) groups is 1. The van der Waals surface area contributed by atoms with Crippen LogP contribution in [0.25, 0.3) is 17.3 Å². The van der Waals surface area contributed by atoms with Crippen LogP contribution in [0.5, 0.6) is 0 Å². The zero-order chi connectivity index (χ0) is 18.8. The number of nitrogens with zero attached hydrogens (tertiary/aromatic N) is 3. The summed E-state index contributed by atoms with van der Waals surface area (Å²) < 4.78 is 7.58. The summed E-state index contributed by atoms with van der Waals surface area (Å²) in [4.78, 5) is 0. The number of rotatable bonds is 5. The lowest BCUT2D eigenvalue weighted by atomic mass is 10.2. The van der Waals surface area contributed by atoms with E-state index in [0.717, 1.165) is 22.0 Å². The first-order valence-electron chi connectivity index (χ1n) is 8.25. The summed E-state index contributed by atoms with van der Waals surface area (Å²) >= 11 is 13.9. The minimum atomic E-state index is 0.622. The number of hydrogen-bond acceptors (Lipinski definition) is 4. The molecule has 0 bridgehead atoms. The molecule has 27 heavy (non-hydrogen) atoms. The van der Waals surface area contributed by atoms with Crippen LogP contribution in [0.15, 0.2) is 70.4 Å². The van der Waals surface area contributed by atoms with Crippen molar-refractivity contribution in [3.63, 3.8) is 0 Å². The molecule has 136 valence electrons. The fourth-order valence-electron chi connectivity index (χ4n) is 2.74. The topological polar surface area (TPSA) is 43.9 Å². The molecule has 2 aromatic heterocycles. The third-order valence-electron chi connectivity index (χ3n) is 4.10. The molecular weight excluding hydrogens is 401 g/mol. The molecule has 2 heterocycles. The van der Waals surface area contributed by atoms with Gasteiger partial charge in [-0.15, -0.1) is 10.2 Å². The highest BCUT2D eigenvalue weighted by Crippen LogP contribution is 2.33. The molecule has 0 aliphatic heterocycles. The molecule has 4 nitrogen and oxygen atoms in total. The van der Waals surface area contributed by atoms with E-state index in [-0.39, 0.29) is 0 Å². The Bertz CT molecular complexity index is 1080. The van der Waals surface area contributed by atoms with Crippen LogP contribution in [-0.2, 0) is 5.75 Å². The number of aromatic nitrogens is 3. The van der Waals surface area contributed by atoms with Crippen LogP contribution in [0.3, 0.4) is 0 Å². The van der Waals surface area contributed by atoms with Gasteiger partial charge in [0.15, 0.2) is 10.9 Å². The lowest BCUT2D eigenvalue weighted by Crippen LogP contribution is -2.01. The highest BCUT2D eigenvalue weighted by Gasteiger charge is 2.19. The number of para-hydroxylation sites is 1. The fourth-order valence-corrected chi connectivity index (χ4v) is 4.24. The number of halogens is 2. The van der Waals surface area contributed by atoms with Gasteiger partial charge < -0.3 is 4.42 Å². The van der Waals surface area contributed by atoms with E-state index in [2.05, 4.69) is 23.2 Å². The van der Waals surface area contributed by atoms with E-state index < -0.39 is 0 Å². The number of aryl methyl sites for hydroxylation is 1. The van der Waals surface area contributed by atoms with E-state index in [0.29, 0.717) is 27.4 Å². The first kappa shape index (κ1) is 18.2. The Morgan fingerprint density at radius 1 is 1.04 bits per heavy atom. The van der Waals surface area contributed by atoms with E-state index in [4.69, 9.17) is 27.6 Å². The maximum Gasteiger partial charge on any atom is 0.205 e. The molecule has 0 saturated heterocycles. The van der Waals surface area contributed by atoms with Gasteiger partial charge in [-0.05, 0) is 48.4 Å². The number of benzene rings is 2. The smallest absolute Gasteiger partial charge is 0.205 e. The first-order chi connectivity index (χ1) is 13.1. The molecule has 0 fully saturated rings. The summed E-state index contributed by atoms with van der Waals surface area (Å²) in [7, 11) is 0. The van der Waals surface area contributed by atoms with Gasteiger partial charge in [0.2, 0.25) is 5.82 Å². The summed E-state index contributed by atoms with van der Waals surface area (Å²) in [5.41, 5.74) is 3.13. The molecule has 0 unspecified atom stereocenters. The van der Waals surface area contributed by atoms with E-state index in [1.165, 1.54) is 0 Å². The van der Waals surface area contributed by atoms with Crippen molar-refractivity contribution >= 4 is 35.0 Å². The molecule has 0 saturated carbocycles. The highest BCUT2D eigenvalue weighted by atomic mass is 35.5. The van der Waals surface area contributed by atoms with Crippen LogP contribution in [0, 0.1) is 6.92 Å². The summed E-state index contributed by atoms with van der Waals surface area (Å²) in [6.07, 6.45) is 1.63. The van der Waals surface area contributed by atoms with E-state index in [9.17, 15) is 0 Å². The Morgan fingerprint density at radius 3 is 2.63 bits per heavy atom. The predicted molar refractivity (Wildman–Crippen MR) is 110 cm³/mol. The lowest BCUT2D eigenvalue weighted by Gasteiger charge is -2.12. The second kappa shape index (κ2) is 7.80. The van der Waals surface area contributed by atoms with Crippen molar-refractivity contribution in [2.75, 3.05) is 0 Å². The van der Waals surface area contributed by atoms with Crippen molar-refractivity contribution in [2.24, 2.45) is 0 Å². The molecule has 2 aromatic carbocycles. The molecular formula is C20H15Cl2N3OS. The molecule has 7 heteroatoms. The predicted octanol–water partition coefficient (Wildman–Crippen LogP) is 6.43. The Hall–Kier alpha value is -2.21. The Balaban J connectivity index is 1.74. The molecule has 0 atom stereocenters. The summed E-state index contributed by atoms with van der Waals surface area (Å²) in [6, 6.07) is 17.4. The lowest BCUT2D eigenvalue weighted by molar-refractivity contribution is 0.575. The van der Waals surface area contributed by atoms with Crippen LogP contribution in [-0.4, -0.2) is 14.8 Å². The van der Waals surface area contributed by atoms with Crippen LogP contribution in [0.1, 0.15) is 11.1 Å². The second-order valence-electron chi connectivity index (χ2n) is 5.93. The van der Waals surface area contributed by atoms with Crippen LogP contribution in [0.2, 0.25) is 10.0 Å². The molecule has 4 aromatic rings. The van der Waals surface area contributed by atoms with E-state index in [1.807, 2.05) is 47.0 Å². The van der Waals surface area contributed by atoms with Crippen molar-refractivity contribution in [1.82, 2.24) is 14.8 Å². The summed E-state index contributed by atoms with van der Waals surface area (Å²) in [5.74, 6) is 1.99. The van der Waals surface area contributed by atoms with Gasteiger partial charge in [0, 0.05) is 15.8 Å². The van der Waals surface area contributed by atoms with Crippen LogP contribution >= 0.6 is 35.0 Å².